The van der Waals surface area contributed by atoms with E-state index in [1.807, 2.05) is 52.0 Å². The number of carbonyl (C=O) groups excluding carboxylic acids is 1. The number of aryl methyl sites for hydroxylation is 3. The summed E-state index contributed by atoms with van der Waals surface area (Å²) in [6.07, 6.45) is 1.51. The zero-order valence-electron chi connectivity index (χ0n) is 18.9. The molecule has 0 fully saturated rings. The molecule has 3 aromatic rings. The molecule has 0 saturated heterocycles. The molecular formula is C23H29N5O2S2. The molecule has 0 saturated carbocycles. The van der Waals surface area contributed by atoms with Gasteiger partial charge in [-0.15, -0.1) is 10.2 Å². The molecule has 0 radical (unpaired) electrons. The number of hydrogen-bond donors (Lipinski definition) is 0. The van der Waals surface area contributed by atoms with Gasteiger partial charge in [0.25, 0.3) is 0 Å². The molecular weight excluding hydrogens is 442 g/mol. The first-order chi connectivity index (χ1) is 15.5. The van der Waals surface area contributed by atoms with Crippen LogP contribution in [0.3, 0.4) is 0 Å². The van der Waals surface area contributed by atoms with Gasteiger partial charge in [-0.25, -0.2) is 9.97 Å². The van der Waals surface area contributed by atoms with Gasteiger partial charge in [-0.1, -0.05) is 60.8 Å². The number of aromatic nitrogens is 5. The van der Waals surface area contributed by atoms with Crippen LogP contribution in [0.5, 0.6) is 0 Å². The van der Waals surface area contributed by atoms with Crippen LogP contribution in [0.25, 0.3) is 0 Å². The highest BCUT2D eigenvalue weighted by Gasteiger charge is 2.23. The molecule has 1 unspecified atom stereocenters. The Labute approximate surface area is 197 Å². The molecule has 3 rings (SSSR count). The molecule has 0 bridgehead atoms. The highest BCUT2D eigenvalue weighted by molar-refractivity contribution is 8.00. The van der Waals surface area contributed by atoms with Gasteiger partial charge < -0.3 is 9.30 Å². The maximum atomic E-state index is 12.3. The molecule has 7 nitrogen and oxygen atoms in total. The van der Waals surface area contributed by atoms with E-state index in [1.165, 1.54) is 17.3 Å². The normalized spacial score (nSPS) is 12.0. The van der Waals surface area contributed by atoms with Crippen molar-refractivity contribution < 1.29 is 9.53 Å². The van der Waals surface area contributed by atoms with Crippen LogP contribution in [0, 0.1) is 13.8 Å². The van der Waals surface area contributed by atoms with E-state index in [4.69, 9.17) is 4.74 Å². The van der Waals surface area contributed by atoms with E-state index in [1.54, 1.807) is 11.8 Å². The maximum Gasteiger partial charge on any atom is 0.319 e. The van der Waals surface area contributed by atoms with Crippen LogP contribution in [0.4, 0.5) is 0 Å². The van der Waals surface area contributed by atoms with Crippen molar-refractivity contribution in [3.05, 3.63) is 59.2 Å². The molecule has 0 aliphatic heterocycles. The SMILES string of the molecule is CCOC(=O)C(CC)Sc1nnc(CSc2nc(C)cc(C)n2)n1CCc1ccccc1. The summed E-state index contributed by atoms with van der Waals surface area (Å²) >= 11 is 2.96. The van der Waals surface area contributed by atoms with Crippen LogP contribution >= 0.6 is 23.5 Å². The van der Waals surface area contributed by atoms with Crippen molar-refractivity contribution in [2.75, 3.05) is 6.61 Å². The fourth-order valence-corrected chi connectivity index (χ4v) is 5.06. The monoisotopic (exact) mass is 471 g/mol. The fourth-order valence-electron chi connectivity index (χ4n) is 3.17. The van der Waals surface area contributed by atoms with E-state index in [2.05, 4.69) is 36.9 Å². The third-order valence-electron chi connectivity index (χ3n) is 4.72. The van der Waals surface area contributed by atoms with Gasteiger partial charge in [0.05, 0.1) is 12.4 Å². The van der Waals surface area contributed by atoms with Crippen LogP contribution in [0.1, 0.15) is 43.0 Å². The summed E-state index contributed by atoms with van der Waals surface area (Å²) in [5.74, 6) is 1.23. The second kappa shape index (κ2) is 12.0. The van der Waals surface area contributed by atoms with E-state index < -0.39 is 0 Å². The van der Waals surface area contributed by atoms with Crippen molar-refractivity contribution in [2.45, 2.75) is 68.4 Å². The van der Waals surface area contributed by atoms with Gasteiger partial charge in [0.1, 0.15) is 11.1 Å². The number of benzene rings is 1. The zero-order valence-corrected chi connectivity index (χ0v) is 20.6. The van der Waals surface area contributed by atoms with Gasteiger partial charge in [0, 0.05) is 17.9 Å². The van der Waals surface area contributed by atoms with Gasteiger partial charge in [-0.3, -0.25) is 4.79 Å². The molecule has 32 heavy (non-hydrogen) atoms. The van der Waals surface area contributed by atoms with Gasteiger partial charge >= 0.3 is 5.97 Å². The number of nitrogens with zero attached hydrogens (tertiary/aromatic N) is 5. The Morgan fingerprint density at radius 3 is 2.47 bits per heavy atom. The lowest BCUT2D eigenvalue weighted by atomic mass is 10.1. The standard InChI is InChI=1S/C23H29N5O2S2/c1-5-19(21(29)30-6-2)32-23-27-26-20(15-31-22-24-16(3)14-17(4)25-22)28(23)13-12-18-10-8-7-9-11-18/h7-11,14,19H,5-6,12-13,15H2,1-4H3. The Morgan fingerprint density at radius 2 is 1.81 bits per heavy atom. The van der Waals surface area contributed by atoms with Crippen molar-refractivity contribution >= 4 is 29.5 Å². The maximum absolute atomic E-state index is 12.3. The van der Waals surface area contributed by atoms with E-state index in [0.29, 0.717) is 18.8 Å². The zero-order chi connectivity index (χ0) is 22.9. The second-order valence-electron chi connectivity index (χ2n) is 7.27. The third-order valence-corrected chi connectivity index (χ3v) is 6.89. The molecule has 9 heteroatoms. The molecule has 0 N–H and O–H groups in total. The lowest BCUT2D eigenvalue weighted by molar-refractivity contribution is -0.142. The predicted octanol–water partition coefficient (Wildman–Crippen LogP) is 4.65. The van der Waals surface area contributed by atoms with Crippen LogP contribution in [-0.2, 0) is 28.2 Å². The Morgan fingerprint density at radius 1 is 1.09 bits per heavy atom. The predicted molar refractivity (Wildman–Crippen MR) is 128 cm³/mol. The molecule has 2 heterocycles. The molecule has 1 aromatic carbocycles. The van der Waals surface area contributed by atoms with Crippen molar-refractivity contribution in [3.8, 4) is 0 Å². The number of hydrogen-bond acceptors (Lipinski definition) is 8. The first kappa shape index (κ1) is 24.3. The highest BCUT2D eigenvalue weighted by atomic mass is 32.2. The average Bonchev–Trinajstić information content (AvgIpc) is 3.16. The smallest absolute Gasteiger partial charge is 0.319 e. The molecule has 0 spiro atoms. The van der Waals surface area contributed by atoms with Crippen LogP contribution in [0.2, 0.25) is 0 Å². The minimum atomic E-state index is -0.308. The number of rotatable bonds is 11. The lowest BCUT2D eigenvalue weighted by Crippen LogP contribution is -2.20. The summed E-state index contributed by atoms with van der Waals surface area (Å²) in [6.45, 7) is 8.83. The number of ether oxygens (including phenoxy) is 1. The quantitative estimate of drug-likeness (QED) is 0.227. The van der Waals surface area contributed by atoms with Crippen LogP contribution in [0.15, 0.2) is 46.7 Å². The van der Waals surface area contributed by atoms with Gasteiger partial charge in [0.15, 0.2) is 10.3 Å². The Hall–Kier alpha value is -2.39. The van der Waals surface area contributed by atoms with Crippen molar-refractivity contribution in [1.82, 2.24) is 24.7 Å². The summed E-state index contributed by atoms with van der Waals surface area (Å²) in [6, 6.07) is 12.3. The summed E-state index contributed by atoms with van der Waals surface area (Å²) < 4.78 is 7.34. The number of thioether (sulfide) groups is 2. The molecule has 1 atom stereocenters. The summed E-state index contributed by atoms with van der Waals surface area (Å²) in [7, 11) is 0. The largest absolute Gasteiger partial charge is 0.465 e. The molecule has 170 valence electrons. The van der Waals surface area contributed by atoms with Gasteiger partial charge in [-0.2, -0.15) is 0 Å². The molecule has 0 aliphatic carbocycles. The van der Waals surface area contributed by atoms with Gasteiger partial charge in [-0.05, 0) is 45.2 Å². The van der Waals surface area contributed by atoms with E-state index in [9.17, 15) is 4.79 Å². The lowest BCUT2D eigenvalue weighted by Gasteiger charge is -2.14. The van der Waals surface area contributed by atoms with Crippen LogP contribution < -0.4 is 0 Å². The fraction of sp³-hybridized carbons (Fsp3) is 0.435. The summed E-state index contributed by atoms with van der Waals surface area (Å²) in [5, 5.41) is 10.0. The van der Waals surface area contributed by atoms with E-state index in [0.717, 1.165) is 40.5 Å². The summed E-state index contributed by atoms with van der Waals surface area (Å²) in [5.41, 5.74) is 3.13. The second-order valence-corrected chi connectivity index (χ2v) is 9.39. The van der Waals surface area contributed by atoms with Crippen molar-refractivity contribution in [2.24, 2.45) is 0 Å². The number of carbonyl (C=O) groups is 1. The van der Waals surface area contributed by atoms with Crippen molar-refractivity contribution in [3.63, 3.8) is 0 Å². The Bertz CT molecular complexity index is 1010. The van der Waals surface area contributed by atoms with E-state index >= 15 is 0 Å². The molecule has 0 aliphatic rings. The molecule has 2 aromatic heterocycles. The van der Waals surface area contributed by atoms with Crippen LogP contribution in [-0.4, -0.2) is 42.6 Å². The average molecular weight is 472 g/mol. The molecule has 0 amide bonds. The van der Waals surface area contributed by atoms with Crippen molar-refractivity contribution in [1.29, 1.82) is 0 Å². The first-order valence-electron chi connectivity index (χ1n) is 10.7. The topological polar surface area (TPSA) is 82.8 Å². The summed E-state index contributed by atoms with van der Waals surface area (Å²) in [4.78, 5) is 21.4. The van der Waals surface area contributed by atoms with Gasteiger partial charge in [0.2, 0.25) is 0 Å². The first-order valence-corrected chi connectivity index (χ1v) is 12.6. The Balaban J connectivity index is 1.80. The number of esters is 1. The minimum Gasteiger partial charge on any atom is -0.465 e. The highest BCUT2D eigenvalue weighted by Crippen LogP contribution is 2.28. The third kappa shape index (κ3) is 6.80. The minimum absolute atomic E-state index is 0.211. The van der Waals surface area contributed by atoms with E-state index in [-0.39, 0.29) is 11.2 Å². The Kier molecular flexibility index (Phi) is 9.11.